The first-order valence-electron chi connectivity index (χ1n) is 4.66. The molecule has 0 bridgehead atoms. The first-order chi connectivity index (χ1) is 7.16. The van der Waals surface area contributed by atoms with E-state index in [4.69, 9.17) is 0 Å². The van der Waals surface area contributed by atoms with Crippen molar-refractivity contribution < 1.29 is 13.6 Å². The summed E-state index contributed by atoms with van der Waals surface area (Å²) in [7, 11) is 0. The van der Waals surface area contributed by atoms with Gasteiger partial charge in [-0.05, 0) is 25.1 Å². The molecule has 2 N–H and O–H groups in total. The Morgan fingerprint density at radius 2 is 2.06 bits per heavy atom. The average Bonchev–Trinajstić information content (AvgIpc) is 2.08. The molecule has 1 aliphatic rings. The van der Waals surface area contributed by atoms with E-state index in [1.54, 1.807) is 0 Å². The Balaban J connectivity index is 0.00000128. The maximum Gasteiger partial charge on any atom is 0.241 e. The summed E-state index contributed by atoms with van der Waals surface area (Å²) in [5, 5.41) is 5.42. The minimum atomic E-state index is -0.964. The standard InChI is InChI=1S/C10H10F2N2O.ClH/c11-7-2-1-6(5-8(7)12)14-10(15)9-3-4-13-9;/h1-2,5,9,13H,3-4H2,(H,14,15);1H/t9-;/m1./s1. The van der Waals surface area contributed by atoms with E-state index in [-0.39, 0.29) is 30.0 Å². The molecule has 1 saturated heterocycles. The van der Waals surface area contributed by atoms with Crippen molar-refractivity contribution >= 4 is 24.0 Å². The molecule has 1 aromatic carbocycles. The van der Waals surface area contributed by atoms with Crippen molar-refractivity contribution in [2.24, 2.45) is 0 Å². The zero-order chi connectivity index (χ0) is 10.8. The van der Waals surface area contributed by atoms with Gasteiger partial charge in [-0.3, -0.25) is 4.79 Å². The number of carbonyl (C=O) groups excluding carboxylic acids is 1. The number of benzene rings is 1. The Hall–Kier alpha value is -1.20. The highest BCUT2D eigenvalue weighted by molar-refractivity contribution is 5.95. The predicted molar refractivity (Wildman–Crippen MR) is 58.6 cm³/mol. The second kappa shape index (κ2) is 5.23. The molecule has 3 nitrogen and oxygen atoms in total. The van der Waals surface area contributed by atoms with Crippen molar-refractivity contribution in [3.05, 3.63) is 29.8 Å². The number of hydrogen-bond donors (Lipinski definition) is 2. The summed E-state index contributed by atoms with van der Waals surface area (Å²) in [4.78, 5) is 11.4. The number of anilines is 1. The highest BCUT2D eigenvalue weighted by Crippen LogP contribution is 2.14. The SMILES string of the molecule is Cl.O=C(Nc1ccc(F)c(F)c1)[C@H]1CCN1. The molecule has 16 heavy (non-hydrogen) atoms. The lowest BCUT2D eigenvalue weighted by Gasteiger charge is -2.26. The van der Waals surface area contributed by atoms with E-state index in [9.17, 15) is 13.6 Å². The van der Waals surface area contributed by atoms with Crippen molar-refractivity contribution in [1.29, 1.82) is 0 Å². The van der Waals surface area contributed by atoms with E-state index in [0.717, 1.165) is 25.1 Å². The van der Waals surface area contributed by atoms with E-state index < -0.39 is 11.6 Å². The smallest absolute Gasteiger partial charge is 0.241 e. The third-order valence-electron chi connectivity index (χ3n) is 2.33. The van der Waals surface area contributed by atoms with Crippen LogP contribution in [0.5, 0.6) is 0 Å². The van der Waals surface area contributed by atoms with Crippen LogP contribution in [0.2, 0.25) is 0 Å². The molecule has 1 amide bonds. The Kier molecular flexibility index (Phi) is 4.20. The Morgan fingerprint density at radius 3 is 2.56 bits per heavy atom. The first kappa shape index (κ1) is 12.9. The molecule has 1 fully saturated rings. The Labute approximate surface area is 97.6 Å². The van der Waals surface area contributed by atoms with Gasteiger partial charge in [0.05, 0.1) is 6.04 Å². The predicted octanol–water partition coefficient (Wildman–Crippen LogP) is 1.69. The fourth-order valence-corrected chi connectivity index (χ4v) is 1.32. The van der Waals surface area contributed by atoms with Crippen LogP contribution in [0.15, 0.2) is 18.2 Å². The fraction of sp³-hybridized carbons (Fsp3) is 0.300. The van der Waals surface area contributed by atoms with E-state index >= 15 is 0 Å². The fourth-order valence-electron chi connectivity index (χ4n) is 1.32. The van der Waals surface area contributed by atoms with Crippen molar-refractivity contribution in [1.82, 2.24) is 5.32 Å². The summed E-state index contributed by atoms with van der Waals surface area (Å²) in [6, 6.07) is 3.07. The van der Waals surface area contributed by atoms with E-state index in [0.29, 0.717) is 0 Å². The number of carbonyl (C=O) groups is 1. The maximum absolute atomic E-state index is 12.8. The van der Waals surface area contributed by atoms with Gasteiger partial charge in [0.1, 0.15) is 0 Å². The number of halogens is 3. The largest absolute Gasteiger partial charge is 0.325 e. The third-order valence-corrected chi connectivity index (χ3v) is 2.33. The van der Waals surface area contributed by atoms with Gasteiger partial charge in [-0.25, -0.2) is 8.78 Å². The second-order valence-electron chi connectivity index (χ2n) is 3.41. The van der Waals surface area contributed by atoms with Crippen LogP contribution in [0, 0.1) is 11.6 Å². The molecule has 88 valence electrons. The van der Waals surface area contributed by atoms with Crippen molar-refractivity contribution in [2.45, 2.75) is 12.5 Å². The van der Waals surface area contributed by atoms with Crippen molar-refractivity contribution in [2.75, 3.05) is 11.9 Å². The second-order valence-corrected chi connectivity index (χ2v) is 3.41. The van der Waals surface area contributed by atoms with Crippen molar-refractivity contribution in [3.63, 3.8) is 0 Å². The summed E-state index contributed by atoms with van der Waals surface area (Å²) < 4.78 is 25.4. The van der Waals surface area contributed by atoms with Crippen LogP contribution in [-0.2, 0) is 4.79 Å². The highest BCUT2D eigenvalue weighted by atomic mass is 35.5. The maximum atomic E-state index is 12.8. The molecule has 0 unspecified atom stereocenters. The first-order valence-corrected chi connectivity index (χ1v) is 4.66. The van der Waals surface area contributed by atoms with Gasteiger partial charge < -0.3 is 10.6 Å². The highest BCUT2D eigenvalue weighted by Gasteiger charge is 2.24. The molecular formula is C10H11ClF2N2O. The van der Waals surface area contributed by atoms with Gasteiger partial charge in [-0.1, -0.05) is 0 Å². The van der Waals surface area contributed by atoms with Gasteiger partial charge in [0.15, 0.2) is 11.6 Å². The minimum absolute atomic E-state index is 0. The molecule has 6 heteroatoms. The molecular weight excluding hydrogens is 238 g/mol. The number of nitrogens with one attached hydrogen (secondary N) is 2. The number of amides is 1. The normalized spacial score (nSPS) is 18.2. The van der Waals surface area contributed by atoms with Gasteiger partial charge >= 0.3 is 0 Å². The van der Waals surface area contributed by atoms with Crippen LogP contribution >= 0.6 is 12.4 Å². The molecule has 0 aliphatic carbocycles. The van der Waals surface area contributed by atoms with Gasteiger partial charge in [0, 0.05) is 11.8 Å². The lowest BCUT2D eigenvalue weighted by Crippen LogP contribution is -2.50. The molecule has 1 aromatic rings. The molecule has 1 atom stereocenters. The lowest BCUT2D eigenvalue weighted by molar-refractivity contribution is -0.119. The summed E-state index contributed by atoms with van der Waals surface area (Å²) in [6.45, 7) is 0.815. The van der Waals surface area contributed by atoms with Crippen molar-refractivity contribution in [3.8, 4) is 0 Å². The van der Waals surface area contributed by atoms with E-state index in [2.05, 4.69) is 10.6 Å². The summed E-state index contributed by atoms with van der Waals surface area (Å²) >= 11 is 0. The average molecular weight is 249 g/mol. The molecule has 2 rings (SSSR count). The van der Waals surface area contributed by atoms with Crippen LogP contribution in [-0.4, -0.2) is 18.5 Å². The molecule has 1 aliphatic heterocycles. The van der Waals surface area contributed by atoms with Crippen LogP contribution in [0.25, 0.3) is 0 Å². The Bertz CT molecular complexity index is 396. The molecule has 0 saturated carbocycles. The van der Waals surface area contributed by atoms with Gasteiger partial charge in [-0.15, -0.1) is 12.4 Å². The van der Waals surface area contributed by atoms with E-state index in [1.165, 1.54) is 6.07 Å². The quantitative estimate of drug-likeness (QED) is 0.836. The van der Waals surface area contributed by atoms with Gasteiger partial charge in [0.25, 0.3) is 0 Å². The van der Waals surface area contributed by atoms with Crippen LogP contribution in [0.4, 0.5) is 14.5 Å². The number of rotatable bonds is 2. The zero-order valence-electron chi connectivity index (χ0n) is 8.30. The molecule has 0 spiro atoms. The third kappa shape index (κ3) is 2.68. The number of hydrogen-bond acceptors (Lipinski definition) is 2. The van der Waals surface area contributed by atoms with Crippen LogP contribution in [0.1, 0.15) is 6.42 Å². The Morgan fingerprint density at radius 1 is 1.38 bits per heavy atom. The summed E-state index contributed by atoms with van der Waals surface area (Å²) in [6.07, 6.45) is 0.773. The zero-order valence-corrected chi connectivity index (χ0v) is 9.11. The topological polar surface area (TPSA) is 41.1 Å². The van der Waals surface area contributed by atoms with Crippen LogP contribution < -0.4 is 10.6 Å². The molecule has 0 aromatic heterocycles. The van der Waals surface area contributed by atoms with Crippen LogP contribution in [0.3, 0.4) is 0 Å². The molecule has 1 heterocycles. The summed E-state index contributed by atoms with van der Waals surface area (Å²) in [5.74, 6) is -2.10. The lowest BCUT2D eigenvalue weighted by atomic mass is 10.1. The summed E-state index contributed by atoms with van der Waals surface area (Å²) in [5.41, 5.74) is 0.271. The van der Waals surface area contributed by atoms with E-state index in [1.807, 2.05) is 0 Å². The van der Waals surface area contributed by atoms with Gasteiger partial charge in [-0.2, -0.15) is 0 Å². The monoisotopic (exact) mass is 248 g/mol. The molecule has 0 radical (unpaired) electrons. The minimum Gasteiger partial charge on any atom is -0.325 e. The van der Waals surface area contributed by atoms with Gasteiger partial charge in [0.2, 0.25) is 5.91 Å².